The zero-order chi connectivity index (χ0) is 19.2. The number of benzene rings is 3. The maximum absolute atomic E-state index is 12.2. The molecule has 1 aliphatic heterocycles. The van der Waals surface area contributed by atoms with Crippen molar-refractivity contribution in [2.75, 3.05) is 12.4 Å². The Labute approximate surface area is 169 Å². The van der Waals surface area contributed by atoms with Crippen molar-refractivity contribution in [2.45, 2.75) is 17.5 Å². The van der Waals surface area contributed by atoms with Gasteiger partial charge in [-0.1, -0.05) is 78.9 Å². The number of thioether (sulfide) groups is 1. The summed E-state index contributed by atoms with van der Waals surface area (Å²) in [5.41, 5.74) is 2.92. The quantitative estimate of drug-likeness (QED) is 0.551. The molecule has 1 aliphatic rings. The third kappa shape index (κ3) is 4.29. The largest absolute Gasteiger partial charge is 0.459 e. The molecule has 4 heteroatoms. The number of hydrogen-bond donors (Lipinski definition) is 0. The van der Waals surface area contributed by atoms with Crippen LogP contribution in [0.2, 0.25) is 0 Å². The molecular weight excluding hydrogens is 368 g/mol. The molecule has 0 spiro atoms. The molecule has 1 fully saturated rings. The standard InChI is InChI=1S/C24H22O3S/c25-23(20-12-6-2-7-13-20)26-17-22-18-28-24(27-22,21-14-8-3-9-15-21)16-19-10-4-1-5-11-19/h1-15,22H,16-18H2. The van der Waals surface area contributed by atoms with Crippen molar-refractivity contribution in [3.05, 3.63) is 108 Å². The SMILES string of the molecule is O=C(OCC1CSC(Cc2ccccc2)(c2ccccc2)O1)c1ccccc1. The highest BCUT2D eigenvalue weighted by Crippen LogP contribution is 2.47. The highest BCUT2D eigenvalue weighted by atomic mass is 32.2. The van der Waals surface area contributed by atoms with Gasteiger partial charge in [0.05, 0.1) is 5.56 Å². The molecule has 0 N–H and O–H groups in total. The Hall–Kier alpha value is -2.56. The average Bonchev–Trinajstić information content (AvgIpc) is 3.18. The van der Waals surface area contributed by atoms with E-state index >= 15 is 0 Å². The molecule has 3 aromatic rings. The first-order valence-electron chi connectivity index (χ1n) is 9.39. The Kier molecular flexibility index (Phi) is 5.79. The third-order valence-electron chi connectivity index (χ3n) is 4.76. The number of carbonyl (C=O) groups excluding carboxylic acids is 1. The van der Waals surface area contributed by atoms with Gasteiger partial charge in [0.15, 0.2) is 0 Å². The minimum atomic E-state index is -0.466. The maximum Gasteiger partial charge on any atom is 0.338 e. The van der Waals surface area contributed by atoms with Crippen molar-refractivity contribution in [1.29, 1.82) is 0 Å². The summed E-state index contributed by atoms with van der Waals surface area (Å²) < 4.78 is 12.0. The number of rotatable bonds is 6. The Bertz CT molecular complexity index is 899. The summed E-state index contributed by atoms with van der Waals surface area (Å²) in [4.78, 5) is 11.8. The first-order valence-corrected chi connectivity index (χ1v) is 10.4. The Morgan fingerprint density at radius 2 is 1.54 bits per heavy atom. The lowest BCUT2D eigenvalue weighted by Gasteiger charge is -2.29. The normalized spacial score (nSPS) is 21.4. The fourth-order valence-electron chi connectivity index (χ4n) is 3.38. The summed E-state index contributed by atoms with van der Waals surface area (Å²) in [6.45, 7) is 0.254. The minimum Gasteiger partial charge on any atom is -0.459 e. The van der Waals surface area contributed by atoms with Crippen LogP contribution in [0.25, 0.3) is 0 Å². The van der Waals surface area contributed by atoms with E-state index in [-0.39, 0.29) is 18.7 Å². The van der Waals surface area contributed by atoms with E-state index in [1.165, 1.54) is 5.56 Å². The number of hydrogen-bond acceptors (Lipinski definition) is 4. The second-order valence-electron chi connectivity index (χ2n) is 6.80. The van der Waals surface area contributed by atoms with Crippen LogP contribution in [-0.2, 0) is 20.8 Å². The molecule has 142 valence electrons. The van der Waals surface area contributed by atoms with Crippen LogP contribution in [-0.4, -0.2) is 24.4 Å². The molecule has 4 rings (SSSR count). The number of esters is 1. The highest BCUT2D eigenvalue weighted by molar-refractivity contribution is 8.00. The fraction of sp³-hybridized carbons (Fsp3) is 0.208. The van der Waals surface area contributed by atoms with Crippen molar-refractivity contribution in [3.63, 3.8) is 0 Å². The summed E-state index contributed by atoms with van der Waals surface area (Å²) >= 11 is 1.78. The van der Waals surface area contributed by atoms with Crippen molar-refractivity contribution in [1.82, 2.24) is 0 Å². The molecule has 0 aliphatic carbocycles. The topological polar surface area (TPSA) is 35.5 Å². The molecule has 2 unspecified atom stereocenters. The van der Waals surface area contributed by atoms with Gasteiger partial charge in [-0.3, -0.25) is 0 Å². The summed E-state index contributed by atoms with van der Waals surface area (Å²) in [6.07, 6.45) is 0.632. The summed E-state index contributed by atoms with van der Waals surface area (Å²) in [7, 11) is 0. The lowest BCUT2D eigenvalue weighted by Crippen LogP contribution is -2.29. The number of ether oxygens (including phenoxy) is 2. The monoisotopic (exact) mass is 390 g/mol. The van der Waals surface area contributed by atoms with E-state index < -0.39 is 4.93 Å². The highest BCUT2D eigenvalue weighted by Gasteiger charge is 2.43. The van der Waals surface area contributed by atoms with Crippen LogP contribution in [0.3, 0.4) is 0 Å². The Morgan fingerprint density at radius 1 is 0.929 bits per heavy atom. The van der Waals surface area contributed by atoms with Crippen molar-refractivity contribution >= 4 is 17.7 Å². The van der Waals surface area contributed by atoms with E-state index in [2.05, 4.69) is 24.3 Å². The van der Waals surface area contributed by atoms with Crippen molar-refractivity contribution in [3.8, 4) is 0 Å². The van der Waals surface area contributed by atoms with Gasteiger partial charge in [-0.15, -0.1) is 11.8 Å². The third-order valence-corrected chi connectivity index (χ3v) is 6.24. The average molecular weight is 391 g/mol. The summed E-state index contributed by atoms with van der Waals surface area (Å²) in [5, 5.41) is 0. The zero-order valence-corrected chi connectivity index (χ0v) is 16.3. The van der Waals surface area contributed by atoms with Gasteiger partial charge in [0.25, 0.3) is 0 Å². The summed E-state index contributed by atoms with van der Waals surface area (Å²) in [5.74, 6) is 0.471. The van der Waals surface area contributed by atoms with Crippen LogP contribution in [0, 0.1) is 0 Å². The fourth-order valence-corrected chi connectivity index (χ4v) is 4.77. The smallest absolute Gasteiger partial charge is 0.338 e. The second kappa shape index (κ2) is 8.63. The van der Waals surface area contributed by atoms with Gasteiger partial charge >= 0.3 is 5.97 Å². The number of carbonyl (C=O) groups is 1. The van der Waals surface area contributed by atoms with Gasteiger partial charge in [-0.2, -0.15) is 0 Å². The molecule has 0 amide bonds. The van der Waals surface area contributed by atoms with Gasteiger partial charge in [-0.05, 0) is 23.3 Å². The van der Waals surface area contributed by atoms with E-state index in [1.54, 1.807) is 23.9 Å². The van der Waals surface area contributed by atoms with E-state index in [4.69, 9.17) is 9.47 Å². The van der Waals surface area contributed by atoms with Crippen LogP contribution in [0.1, 0.15) is 21.5 Å². The van der Waals surface area contributed by atoms with Gasteiger partial charge in [0.1, 0.15) is 17.6 Å². The second-order valence-corrected chi connectivity index (χ2v) is 8.08. The molecule has 3 aromatic carbocycles. The molecule has 2 atom stereocenters. The van der Waals surface area contributed by atoms with Crippen molar-refractivity contribution in [2.24, 2.45) is 0 Å². The maximum atomic E-state index is 12.2. The Morgan fingerprint density at radius 3 is 2.21 bits per heavy atom. The molecule has 3 nitrogen and oxygen atoms in total. The zero-order valence-electron chi connectivity index (χ0n) is 15.5. The molecule has 1 saturated heterocycles. The van der Waals surface area contributed by atoms with Gasteiger partial charge in [0.2, 0.25) is 0 Å². The van der Waals surface area contributed by atoms with Crippen LogP contribution < -0.4 is 0 Å². The van der Waals surface area contributed by atoms with Gasteiger partial charge in [-0.25, -0.2) is 4.79 Å². The molecule has 0 aromatic heterocycles. The molecule has 0 radical (unpaired) electrons. The molecule has 1 heterocycles. The summed E-state index contributed by atoms with van der Waals surface area (Å²) in [6, 6.07) is 29.7. The van der Waals surface area contributed by atoms with E-state index in [0.717, 1.165) is 17.7 Å². The van der Waals surface area contributed by atoms with Crippen LogP contribution in [0.5, 0.6) is 0 Å². The minimum absolute atomic E-state index is 0.137. The van der Waals surface area contributed by atoms with E-state index in [9.17, 15) is 4.79 Å². The first kappa shape index (κ1) is 18.8. The van der Waals surface area contributed by atoms with Gasteiger partial charge in [0, 0.05) is 12.2 Å². The van der Waals surface area contributed by atoms with Crippen LogP contribution >= 0.6 is 11.8 Å². The molecular formula is C24H22O3S. The van der Waals surface area contributed by atoms with Crippen LogP contribution in [0.4, 0.5) is 0 Å². The van der Waals surface area contributed by atoms with Gasteiger partial charge < -0.3 is 9.47 Å². The predicted molar refractivity (Wildman–Crippen MR) is 112 cm³/mol. The first-order chi connectivity index (χ1) is 13.8. The van der Waals surface area contributed by atoms with E-state index in [1.807, 2.05) is 54.6 Å². The predicted octanol–water partition coefficient (Wildman–Crippen LogP) is 5.07. The molecule has 28 heavy (non-hydrogen) atoms. The lowest BCUT2D eigenvalue weighted by atomic mass is 10.0. The van der Waals surface area contributed by atoms with Crippen molar-refractivity contribution < 1.29 is 14.3 Å². The Balaban J connectivity index is 1.47. The molecule has 0 bridgehead atoms. The van der Waals surface area contributed by atoms with E-state index in [0.29, 0.717) is 5.56 Å². The molecule has 0 saturated carbocycles. The lowest BCUT2D eigenvalue weighted by molar-refractivity contribution is -0.0426. The van der Waals surface area contributed by atoms with Crippen LogP contribution in [0.15, 0.2) is 91.0 Å².